The molecule has 0 unspecified atom stereocenters. The molecule has 1 aromatic heterocycles. The van der Waals surface area contributed by atoms with Crippen LogP contribution in [0.2, 0.25) is 5.02 Å². The number of aromatic amines is 1. The van der Waals surface area contributed by atoms with E-state index in [1.165, 1.54) is 28.8 Å². The molecule has 1 amide bonds. The monoisotopic (exact) mass is 441 g/mol. The van der Waals surface area contributed by atoms with Gasteiger partial charge in [-0.25, -0.2) is 9.37 Å². The Morgan fingerprint density at radius 1 is 1.27 bits per heavy atom. The second-order valence-corrected chi connectivity index (χ2v) is 7.49. The number of nitriles is 1. The van der Waals surface area contributed by atoms with Crippen LogP contribution in [0.4, 0.5) is 10.1 Å². The van der Waals surface area contributed by atoms with Crippen molar-refractivity contribution < 1.29 is 9.18 Å². The average molecular weight is 442 g/mol. The van der Waals surface area contributed by atoms with Crippen LogP contribution in [0.5, 0.6) is 0 Å². The number of hydrogen-bond acceptors (Lipinski definition) is 5. The number of rotatable bonds is 8. The fourth-order valence-corrected chi connectivity index (χ4v) is 3.42. The van der Waals surface area contributed by atoms with Gasteiger partial charge in [0.2, 0.25) is 11.1 Å². The molecule has 9 heteroatoms. The Bertz CT molecular complexity index is 1080. The Labute approximate surface area is 182 Å². The van der Waals surface area contributed by atoms with Gasteiger partial charge in [-0.2, -0.15) is 5.26 Å². The summed E-state index contributed by atoms with van der Waals surface area (Å²) in [6.07, 6.45) is 3.71. The maximum absolute atomic E-state index is 12.9. The first kappa shape index (κ1) is 21.6. The zero-order valence-corrected chi connectivity index (χ0v) is 17.3. The Kier molecular flexibility index (Phi) is 7.60. The maximum atomic E-state index is 12.9. The molecule has 0 spiro atoms. The molecule has 152 valence electrons. The van der Waals surface area contributed by atoms with Crippen LogP contribution in [-0.2, 0) is 4.79 Å². The minimum atomic E-state index is -0.295. The Balaban J connectivity index is 1.61. The van der Waals surface area contributed by atoms with Gasteiger partial charge in [0.15, 0.2) is 0 Å². The molecule has 0 bridgehead atoms. The third-order valence-corrected chi connectivity index (χ3v) is 5.05. The summed E-state index contributed by atoms with van der Waals surface area (Å²) in [5.41, 5.74) is 1.47. The highest BCUT2D eigenvalue weighted by Crippen LogP contribution is 2.22. The lowest BCUT2D eigenvalue weighted by molar-refractivity contribution is -0.116. The zero-order valence-electron chi connectivity index (χ0n) is 15.8. The van der Waals surface area contributed by atoms with E-state index >= 15 is 0 Å². The molecule has 0 saturated heterocycles. The fourth-order valence-electron chi connectivity index (χ4n) is 2.55. The number of benzene rings is 2. The van der Waals surface area contributed by atoms with Crippen molar-refractivity contribution in [3.05, 3.63) is 70.8 Å². The lowest BCUT2D eigenvalue weighted by Gasteiger charge is -2.21. The van der Waals surface area contributed by atoms with Crippen molar-refractivity contribution in [2.24, 2.45) is 0 Å². The van der Waals surface area contributed by atoms with Crippen molar-refractivity contribution in [3.8, 4) is 6.07 Å². The van der Waals surface area contributed by atoms with E-state index in [1.807, 2.05) is 0 Å². The molecule has 0 saturated carbocycles. The number of nitrogens with one attached hydrogen (secondary N) is 1. The summed E-state index contributed by atoms with van der Waals surface area (Å²) >= 11 is 7.22. The van der Waals surface area contributed by atoms with Gasteiger partial charge in [-0.15, -0.1) is 5.10 Å². The molecule has 3 aromatic rings. The van der Waals surface area contributed by atoms with Crippen LogP contribution < -0.4 is 4.90 Å². The quantitative estimate of drug-likeness (QED) is 0.507. The van der Waals surface area contributed by atoms with E-state index in [0.29, 0.717) is 21.7 Å². The van der Waals surface area contributed by atoms with E-state index in [9.17, 15) is 9.18 Å². The van der Waals surface area contributed by atoms with E-state index in [-0.39, 0.29) is 30.4 Å². The molecule has 0 radical (unpaired) electrons. The molecular weight excluding hydrogens is 425 g/mol. The highest BCUT2D eigenvalue weighted by atomic mass is 35.5. The molecule has 6 nitrogen and oxygen atoms in total. The van der Waals surface area contributed by atoms with Gasteiger partial charge in [0.25, 0.3) is 0 Å². The standard InChI is InChI=1S/C21H17ClFN5OS/c22-16-3-1-4-18(13-16)28(12-2-11-24)20(29)14-30-21-25-19(26-27-21)10-7-15-5-8-17(23)9-6-15/h1,3-10,13H,2,12,14H2,(H,25,26,27)/b10-7+. The number of nitrogens with zero attached hydrogens (tertiary/aromatic N) is 4. The number of aromatic nitrogens is 3. The van der Waals surface area contributed by atoms with E-state index in [4.69, 9.17) is 16.9 Å². The molecule has 0 atom stereocenters. The molecule has 0 aliphatic rings. The predicted molar refractivity (Wildman–Crippen MR) is 116 cm³/mol. The molecule has 0 fully saturated rings. The SMILES string of the molecule is N#CCCN(C(=O)CSc1n[nH]c(/C=C/c2ccc(F)cc2)n1)c1cccc(Cl)c1. The van der Waals surface area contributed by atoms with Gasteiger partial charge in [-0.3, -0.25) is 9.89 Å². The predicted octanol–water partition coefficient (Wildman–Crippen LogP) is 4.81. The number of anilines is 1. The van der Waals surface area contributed by atoms with Crippen LogP contribution >= 0.6 is 23.4 Å². The molecule has 0 aliphatic carbocycles. The van der Waals surface area contributed by atoms with Crippen molar-refractivity contribution in [1.29, 1.82) is 5.26 Å². The van der Waals surface area contributed by atoms with Gasteiger partial charge in [0.1, 0.15) is 11.6 Å². The first-order valence-corrected chi connectivity index (χ1v) is 10.3. The van der Waals surface area contributed by atoms with E-state index in [2.05, 4.69) is 21.3 Å². The van der Waals surface area contributed by atoms with Gasteiger partial charge in [0.05, 0.1) is 18.2 Å². The number of hydrogen-bond donors (Lipinski definition) is 1. The van der Waals surface area contributed by atoms with E-state index in [0.717, 1.165) is 5.56 Å². The summed E-state index contributed by atoms with van der Waals surface area (Å²) in [5, 5.41) is 16.7. The summed E-state index contributed by atoms with van der Waals surface area (Å²) in [6.45, 7) is 0.274. The van der Waals surface area contributed by atoms with Gasteiger partial charge in [0, 0.05) is 17.3 Å². The second kappa shape index (κ2) is 10.6. The minimum Gasteiger partial charge on any atom is -0.311 e. The highest BCUT2D eigenvalue weighted by Gasteiger charge is 2.17. The average Bonchev–Trinajstić information content (AvgIpc) is 3.20. The summed E-state index contributed by atoms with van der Waals surface area (Å²) in [6, 6.07) is 15.1. The smallest absolute Gasteiger partial charge is 0.237 e. The Hall–Kier alpha value is -3.15. The van der Waals surface area contributed by atoms with E-state index < -0.39 is 0 Å². The molecule has 2 aromatic carbocycles. The molecule has 0 aliphatic heterocycles. The van der Waals surface area contributed by atoms with Crippen LogP contribution in [0.3, 0.4) is 0 Å². The van der Waals surface area contributed by atoms with Gasteiger partial charge < -0.3 is 4.90 Å². The van der Waals surface area contributed by atoms with E-state index in [1.54, 1.807) is 48.6 Å². The van der Waals surface area contributed by atoms with Gasteiger partial charge in [-0.1, -0.05) is 47.6 Å². The van der Waals surface area contributed by atoms with Crippen molar-refractivity contribution >= 4 is 47.1 Å². The zero-order chi connectivity index (χ0) is 21.3. The van der Waals surface area contributed by atoms with Crippen LogP contribution in [0.15, 0.2) is 53.7 Å². The lowest BCUT2D eigenvalue weighted by Crippen LogP contribution is -2.33. The molecule has 1 heterocycles. The summed E-state index contributed by atoms with van der Waals surface area (Å²) < 4.78 is 12.9. The first-order valence-electron chi connectivity index (χ1n) is 8.97. The molecule has 30 heavy (non-hydrogen) atoms. The van der Waals surface area contributed by atoms with Crippen LogP contribution in [0.1, 0.15) is 17.8 Å². The van der Waals surface area contributed by atoms with Crippen molar-refractivity contribution in [1.82, 2.24) is 15.2 Å². The third kappa shape index (κ3) is 6.17. The van der Waals surface area contributed by atoms with Crippen molar-refractivity contribution in [3.63, 3.8) is 0 Å². The molecule has 1 N–H and O–H groups in total. The largest absolute Gasteiger partial charge is 0.311 e. The van der Waals surface area contributed by atoms with Gasteiger partial charge >= 0.3 is 0 Å². The minimum absolute atomic E-state index is 0.108. The Morgan fingerprint density at radius 3 is 2.80 bits per heavy atom. The number of amides is 1. The summed E-state index contributed by atoms with van der Waals surface area (Å²) in [4.78, 5) is 18.6. The third-order valence-electron chi connectivity index (χ3n) is 3.98. The van der Waals surface area contributed by atoms with Crippen LogP contribution in [-0.4, -0.2) is 33.4 Å². The highest BCUT2D eigenvalue weighted by molar-refractivity contribution is 7.99. The number of carbonyl (C=O) groups excluding carboxylic acids is 1. The summed E-state index contributed by atoms with van der Waals surface area (Å²) in [5.74, 6) is 0.157. The van der Waals surface area contributed by atoms with Gasteiger partial charge in [-0.05, 0) is 42.0 Å². The van der Waals surface area contributed by atoms with Crippen LogP contribution in [0.25, 0.3) is 12.2 Å². The number of H-pyrrole nitrogens is 1. The maximum Gasteiger partial charge on any atom is 0.237 e. The molecule has 3 rings (SSSR count). The Morgan fingerprint density at radius 2 is 2.07 bits per heavy atom. The van der Waals surface area contributed by atoms with Crippen molar-refractivity contribution in [2.45, 2.75) is 11.6 Å². The molecular formula is C21H17ClFN5OS. The lowest BCUT2D eigenvalue weighted by atomic mass is 10.2. The fraction of sp³-hybridized carbons (Fsp3) is 0.143. The topological polar surface area (TPSA) is 85.7 Å². The van der Waals surface area contributed by atoms with Crippen LogP contribution in [0, 0.1) is 17.1 Å². The summed E-state index contributed by atoms with van der Waals surface area (Å²) in [7, 11) is 0. The number of halogens is 2. The number of thioether (sulfide) groups is 1. The van der Waals surface area contributed by atoms with Crippen molar-refractivity contribution in [2.75, 3.05) is 17.2 Å². The normalized spacial score (nSPS) is 10.8. The first-order chi connectivity index (χ1) is 14.5. The number of carbonyl (C=O) groups is 1. The second-order valence-electron chi connectivity index (χ2n) is 6.11.